The van der Waals surface area contributed by atoms with Crippen molar-refractivity contribution < 1.29 is 18.7 Å². The first kappa shape index (κ1) is 21.0. The van der Waals surface area contributed by atoms with Crippen molar-refractivity contribution in [1.29, 1.82) is 0 Å². The van der Waals surface area contributed by atoms with Gasteiger partial charge in [0.2, 0.25) is 5.78 Å². The molecular formula is C24H17Cl2NO4. The largest absolute Gasteiger partial charge is 0.492 e. The molecule has 1 aromatic heterocycles. The van der Waals surface area contributed by atoms with Gasteiger partial charge >= 0.3 is 0 Å². The third kappa shape index (κ3) is 4.15. The summed E-state index contributed by atoms with van der Waals surface area (Å²) in [5, 5.41) is 4.01. The molecule has 0 aliphatic carbocycles. The zero-order valence-electron chi connectivity index (χ0n) is 16.4. The highest BCUT2D eigenvalue weighted by molar-refractivity contribution is 6.35. The van der Waals surface area contributed by atoms with Crippen molar-refractivity contribution in [2.45, 2.75) is 6.92 Å². The highest BCUT2D eigenvalue weighted by Gasteiger charge is 2.25. The molecule has 0 spiro atoms. The molecule has 0 radical (unpaired) electrons. The lowest BCUT2D eigenvalue weighted by Gasteiger charge is -2.09. The van der Waals surface area contributed by atoms with Gasteiger partial charge in [0, 0.05) is 10.9 Å². The van der Waals surface area contributed by atoms with Crippen LogP contribution in [-0.2, 0) is 0 Å². The van der Waals surface area contributed by atoms with Crippen LogP contribution in [0.25, 0.3) is 11.0 Å². The van der Waals surface area contributed by atoms with Crippen LogP contribution in [0.4, 0.5) is 5.69 Å². The number of nitrogens with one attached hydrogen (secondary N) is 1. The molecule has 0 fully saturated rings. The van der Waals surface area contributed by atoms with Crippen molar-refractivity contribution in [2.75, 3.05) is 11.9 Å². The molecule has 4 rings (SSSR count). The molecular weight excluding hydrogens is 437 g/mol. The maximum absolute atomic E-state index is 13.3. The average molecular weight is 454 g/mol. The monoisotopic (exact) mass is 453 g/mol. The van der Waals surface area contributed by atoms with E-state index >= 15 is 0 Å². The Bertz CT molecular complexity index is 1300. The van der Waals surface area contributed by atoms with E-state index < -0.39 is 11.7 Å². The number of amides is 1. The zero-order valence-corrected chi connectivity index (χ0v) is 18.0. The van der Waals surface area contributed by atoms with Crippen LogP contribution in [0.15, 0.2) is 71.1 Å². The number of carbonyl (C=O) groups excluding carboxylic acids is 2. The van der Waals surface area contributed by atoms with E-state index in [2.05, 4.69) is 5.32 Å². The summed E-state index contributed by atoms with van der Waals surface area (Å²) in [6.45, 7) is 2.30. The molecule has 3 aromatic carbocycles. The molecule has 1 N–H and O–H groups in total. The Kier molecular flexibility index (Phi) is 5.98. The van der Waals surface area contributed by atoms with Gasteiger partial charge in [0.25, 0.3) is 5.91 Å². The Hall–Kier alpha value is -3.28. The van der Waals surface area contributed by atoms with E-state index in [4.69, 9.17) is 32.4 Å². The highest BCUT2D eigenvalue weighted by atomic mass is 35.5. The Balaban J connectivity index is 1.76. The van der Waals surface area contributed by atoms with Gasteiger partial charge in [-0.25, -0.2) is 0 Å². The van der Waals surface area contributed by atoms with E-state index in [9.17, 15) is 9.59 Å². The minimum atomic E-state index is -0.448. The van der Waals surface area contributed by atoms with Crippen LogP contribution in [0.2, 0.25) is 10.0 Å². The number of para-hydroxylation sites is 1. The van der Waals surface area contributed by atoms with Crippen LogP contribution < -0.4 is 10.1 Å². The number of benzene rings is 3. The molecule has 31 heavy (non-hydrogen) atoms. The van der Waals surface area contributed by atoms with Crippen LogP contribution in [-0.4, -0.2) is 18.3 Å². The Morgan fingerprint density at radius 1 is 0.968 bits per heavy atom. The van der Waals surface area contributed by atoms with Crippen LogP contribution in [0.1, 0.15) is 33.4 Å². The number of ketones is 1. The Morgan fingerprint density at radius 3 is 2.45 bits per heavy atom. The molecule has 0 aliphatic rings. The van der Waals surface area contributed by atoms with E-state index in [-0.39, 0.29) is 17.0 Å². The number of anilines is 1. The normalized spacial score (nSPS) is 10.8. The molecule has 1 heterocycles. The van der Waals surface area contributed by atoms with Crippen LogP contribution in [0.5, 0.6) is 5.75 Å². The summed E-state index contributed by atoms with van der Waals surface area (Å²) in [6.07, 6.45) is 0. The second-order valence-corrected chi connectivity index (χ2v) is 7.46. The number of rotatable bonds is 6. The van der Waals surface area contributed by atoms with Crippen molar-refractivity contribution >= 4 is 51.5 Å². The first-order valence-corrected chi connectivity index (χ1v) is 10.3. The van der Waals surface area contributed by atoms with E-state index in [1.165, 1.54) is 6.07 Å². The summed E-state index contributed by atoms with van der Waals surface area (Å²) in [6, 6.07) is 18.5. The molecule has 0 atom stereocenters. The minimum Gasteiger partial charge on any atom is -0.492 e. The second-order valence-electron chi connectivity index (χ2n) is 6.64. The molecule has 0 saturated heterocycles. The van der Waals surface area contributed by atoms with Crippen molar-refractivity contribution in [3.05, 3.63) is 93.7 Å². The van der Waals surface area contributed by atoms with E-state index in [0.717, 1.165) is 0 Å². The number of halogens is 2. The van der Waals surface area contributed by atoms with Crippen molar-refractivity contribution in [1.82, 2.24) is 0 Å². The lowest BCUT2D eigenvalue weighted by molar-refractivity contribution is 0.101. The van der Waals surface area contributed by atoms with Crippen LogP contribution in [0.3, 0.4) is 0 Å². The fraction of sp³-hybridized carbons (Fsp3) is 0.0833. The maximum atomic E-state index is 13.3. The van der Waals surface area contributed by atoms with Gasteiger partial charge in [-0.1, -0.05) is 47.5 Å². The highest BCUT2D eigenvalue weighted by Crippen LogP contribution is 2.34. The summed E-state index contributed by atoms with van der Waals surface area (Å²) in [5.41, 5.74) is 1.34. The third-order valence-corrected chi connectivity index (χ3v) is 5.28. The third-order valence-electron chi connectivity index (χ3n) is 4.65. The number of fused-ring (bicyclic) bond motifs is 1. The summed E-state index contributed by atoms with van der Waals surface area (Å²) < 4.78 is 11.3. The Morgan fingerprint density at radius 2 is 1.71 bits per heavy atom. The standard InChI is InChI=1S/C24H17Cl2NO4/c1-2-30-20-12-11-14(13-18(20)26)22(28)23-21(16-8-4-6-10-19(16)31-23)27-24(29)15-7-3-5-9-17(15)25/h3-13H,2H2,1H3,(H,27,29). The molecule has 7 heteroatoms. The van der Waals surface area contributed by atoms with Crippen LogP contribution in [0, 0.1) is 0 Å². The number of furan rings is 1. The van der Waals surface area contributed by atoms with Gasteiger partial charge in [0.05, 0.1) is 27.9 Å². The first-order chi connectivity index (χ1) is 15.0. The number of carbonyl (C=O) groups is 2. The van der Waals surface area contributed by atoms with Gasteiger partial charge in [-0.15, -0.1) is 0 Å². The van der Waals surface area contributed by atoms with Gasteiger partial charge < -0.3 is 14.5 Å². The number of hydrogen-bond donors (Lipinski definition) is 1. The van der Waals surface area contributed by atoms with Crippen molar-refractivity contribution in [3.63, 3.8) is 0 Å². The van der Waals surface area contributed by atoms with Gasteiger partial charge in [-0.05, 0) is 49.4 Å². The molecule has 5 nitrogen and oxygen atoms in total. The summed E-state index contributed by atoms with van der Waals surface area (Å²) >= 11 is 12.4. The minimum absolute atomic E-state index is 0.00169. The van der Waals surface area contributed by atoms with Gasteiger partial charge in [-0.2, -0.15) is 0 Å². The SMILES string of the molecule is CCOc1ccc(C(=O)c2oc3ccccc3c2NC(=O)c2ccccc2Cl)cc1Cl. The summed E-state index contributed by atoms with van der Waals surface area (Å²) in [4.78, 5) is 26.1. The van der Waals surface area contributed by atoms with E-state index in [1.807, 2.05) is 6.92 Å². The molecule has 156 valence electrons. The van der Waals surface area contributed by atoms with E-state index in [0.29, 0.717) is 38.9 Å². The van der Waals surface area contributed by atoms with Crippen molar-refractivity contribution in [3.8, 4) is 5.75 Å². The summed E-state index contributed by atoms with van der Waals surface area (Å²) in [7, 11) is 0. The molecule has 4 aromatic rings. The molecule has 0 aliphatic heterocycles. The van der Waals surface area contributed by atoms with Gasteiger partial charge in [-0.3, -0.25) is 9.59 Å². The fourth-order valence-electron chi connectivity index (χ4n) is 3.20. The average Bonchev–Trinajstić information content (AvgIpc) is 3.13. The lowest BCUT2D eigenvalue weighted by atomic mass is 10.1. The van der Waals surface area contributed by atoms with Crippen molar-refractivity contribution in [2.24, 2.45) is 0 Å². The van der Waals surface area contributed by atoms with Gasteiger partial charge in [0.1, 0.15) is 11.3 Å². The topological polar surface area (TPSA) is 68.5 Å². The van der Waals surface area contributed by atoms with Crippen LogP contribution >= 0.6 is 23.2 Å². The molecule has 0 unspecified atom stereocenters. The molecule has 1 amide bonds. The maximum Gasteiger partial charge on any atom is 0.257 e. The smallest absolute Gasteiger partial charge is 0.257 e. The first-order valence-electron chi connectivity index (χ1n) is 9.54. The van der Waals surface area contributed by atoms with E-state index in [1.54, 1.807) is 60.7 Å². The molecule has 0 bridgehead atoms. The van der Waals surface area contributed by atoms with Gasteiger partial charge in [0.15, 0.2) is 5.76 Å². The predicted octanol–water partition coefficient (Wildman–Crippen LogP) is 6.62. The second kappa shape index (κ2) is 8.84. The predicted molar refractivity (Wildman–Crippen MR) is 122 cm³/mol. The Labute approximate surface area is 188 Å². The zero-order chi connectivity index (χ0) is 22.0. The quantitative estimate of drug-likeness (QED) is 0.333. The number of ether oxygens (including phenoxy) is 1. The number of hydrogen-bond acceptors (Lipinski definition) is 4. The molecule has 0 saturated carbocycles. The lowest BCUT2D eigenvalue weighted by Crippen LogP contribution is -2.14. The summed E-state index contributed by atoms with van der Waals surface area (Å²) in [5.74, 6) is -0.383. The fourth-order valence-corrected chi connectivity index (χ4v) is 3.66.